The van der Waals surface area contributed by atoms with Gasteiger partial charge in [0, 0.05) is 12.1 Å². The second-order valence-electron chi connectivity index (χ2n) is 5.88. The number of thiazole rings is 1. The van der Waals surface area contributed by atoms with E-state index >= 15 is 0 Å². The van der Waals surface area contributed by atoms with Gasteiger partial charge in [0.1, 0.15) is 0 Å². The number of aromatic nitrogens is 1. The van der Waals surface area contributed by atoms with Gasteiger partial charge in [-0.05, 0) is 19.1 Å². The van der Waals surface area contributed by atoms with E-state index in [-0.39, 0.29) is 16.3 Å². The summed E-state index contributed by atoms with van der Waals surface area (Å²) < 4.78 is 37.3. The average molecular weight is 422 g/mol. The summed E-state index contributed by atoms with van der Waals surface area (Å²) in [4.78, 5) is 14.5. The van der Waals surface area contributed by atoms with Gasteiger partial charge in [0.05, 0.1) is 41.6 Å². The fourth-order valence-electron chi connectivity index (χ4n) is 2.59. The van der Waals surface area contributed by atoms with Crippen molar-refractivity contribution in [3.63, 3.8) is 0 Å². The van der Waals surface area contributed by atoms with Crippen molar-refractivity contribution in [3.05, 3.63) is 52.1 Å². The van der Waals surface area contributed by atoms with Gasteiger partial charge < -0.3 is 9.47 Å². The molecule has 0 saturated carbocycles. The second kappa shape index (κ2) is 8.03. The summed E-state index contributed by atoms with van der Waals surface area (Å²) in [7, 11) is -0.721. The summed E-state index contributed by atoms with van der Waals surface area (Å²) in [5.74, 6) is 1.03. The molecule has 3 aromatic rings. The van der Waals surface area contributed by atoms with Crippen molar-refractivity contribution in [2.24, 2.45) is 5.10 Å². The van der Waals surface area contributed by atoms with Crippen LogP contribution < -0.4 is 19.2 Å². The minimum absolute atomic E-state index is 0.113. The summed E-state index contributed by atoms with van der Waals surface area (Å²) >= 11 is 1.07. The molecule has 0 amide bonds. The zero-order chi connectivity index (χ0) is 20.3. The molecule has 0 bridgehead atoms. The zero-order valence-corrected chi connectivity index (χ0v) is 17.1. The zero-order valence-electron chi connectivity index (χ0n) is 15.5. The van der Waals surface area contributed by atoms with Crippen LogP contribution in [0.5, 0.6) is 11.5 Å². The molecule has 0 radical (unpaired) electrons. The van der Waals surface area contributed by atoms with Crippen molar-refractivity contribution in [3.8, 4) is 11.5 Å². The molecule has 0 fully saturated rings. The molecule has 148 valence electrons. The number of hydrogen-bond donors (Lipinski definition) is 1. The minimum atomic E-state index is -3.77. The predicted octanol–water partition coefficient (Wildman–Crippen LogP) is 2.43. The van der Waals surface area contributed by atoms with Gasteiger partial charge >= 0.3 is 4.87 Å². The lowest BCUT2D eigenvalue weighted by Gasteiger charge is -2.09. The van der Waals surface area contributed by atoms with Crippen LogP contribution in [0.2, 0.25) is 0 Å². The molecular formula is C18H19N3O5S2. The van der Waals surface area contributed by atoms with Crippen LogP contribution in [0.25, 0.3) is 10.2 Å². The van der Waals surface area contributed by atoms with Crippen LogP contribution in [0.15, 0.2) is 57.3 Å². The number of nitrogens with zero attached hydrogens (tertiary/aromatic N) is 2. The maximum atomic E-state index is 12.4. The number of rotatable bonds is 7. The van der Waals surface area contributed by atoms with Crippen LogP contribution in [-0.4, -0.2) is 32.9 Å². The van der Waals surface area contributed by atoms with Crippen molar-refractivity contribution < 1.29 is 17.9 Å². The molecule has 28 heavy (non-hydrogen) atoms. The van der Waals surface area contributed by atoms with Crippen molar-refractivity contribution in [1.29, 1.82) is 0 Å². The van der Waals surface area contributed by atoms with Crippen LogP contribution in [0.4, 0.5) is 0 Å². The van der Waals surface area contributed by atoms with Crippen LogP contribution in [0.3, 0.4) is 0 Å². The summed E-state index contributed by atoms with van der Waals surface area (Å²) in [5.41, 5.74) is 1.09. The lowest BCUT2D eigenvalue weighted by atomic mass is 10.3. The number of hydrazone groups is 1. The molecular weight excluding hydrogens is 402 g/mol. The van der Waals surface area contributed by atoms with Crippen LogP contribution in [-0.2, 0) is 16.6 Å². The van der Waals surface area contributed by atoms with Gasteiger partial charge in [0.2, 0.25) is 0 Å². The fraction of sp³-hybridized carbons (Fsp3) is 0.222. The molecule has 0 aliphatic rings. The van der Waals surface area contributed by atoms with Gasteiger partial charge in [-0.15, -0.1) is 0 Å². The Hall–Kier alpha value is -2.85. The number of methoxy groups -OCH3 is 2. The fourth-order valence-corrected chi connectivity index (χ4v) is 4.39. The lowest BCUT2D eigenvalue weighted by Crippen LogP contribution is -2.23. The summed E-state index contributed by atoms with van der Waals surface area (Å²) in [6, 6.07) is 11.4. The third-order valence-electron chi connectivity index (χ3n) is 3.97. The van der Waals surface area contributed by atoms with E-state index in [1.165, 1.54) is 30.9 Å². The molecule has 0 spiro atoms. The second-order valence-corrected chi connectivity index (χ2v) is 8.54. The molecule has 0 saturated heterocycles. The highest BCUT2D eigenvalue weighted by Crippen LogP contribution is 2.33. The Bertz CT molecular complexity index is 1180. The topological polar surface area (TPSA) is 99.0 Å². The third kappa shape index (κ3) is 4.02. The maximum Gasteiger partial charge on any atom is 0.308 e. The normalized spacial score (nSPS) is 12.2. The molecule has 1 aromatic heterocycles. The summed E-state index contributed by atoms with van der Waals surface area (Å²) in [6.07, 6.45) is 0. The highest BCUT2D eigenvalue weighted by Gasteiger charge is 2.15. The van der Waals surface area contributed by atoms with E-state index in [4.69, 9.17) is 9.47 Å². The van der Waals surface area contributed by atoms with Gasteiger partial charge in [-0.25, -0.2) is 4.83 Å². The highest BCUT2D eigenvalue weighted by atomic mass is 32.2. The predicted molar refractivity (Wildman–Crippen MR) is 109 cm³/mol. The molecule has 0 aliphatic heterocycles. The standard InChI is InChI=1S/C18H19N3O5S2/c1-12(19-20-28(23,24)13-7-5-4-6-8-13)11-21-14-9-15(25-2)16(26-3)10-17(14)27-18(21)22/h4-10,20H,11H2,1-3H3/b19-12+. The third-order valence-corrected chi connectivity index (χ3v) is 6.14. The molecule has 8 nitrogen and oxygen atoms in total. The Morgan fingerprint density at radius 1 is 1.14 bits per heavy atom. The van der Waals surface area contributed by atoms with E-state index in [0.717, 1.165) is 16.0 Å². The molecule has 3 rings (SSSR count). The minimum Gasteiger partial charge on any atom is -0.493 e. The van der Waals surface area contributed by atoms with E-state index in [0.29, 0.717) is 22.7 Å². The Morgan fingerprint density at radius 2 is 1.79 bits per heavy atom. The molecule has 0 atom stereocenters. The van der Waals surface area contributed by atoms with E-state index < -0.39 is 10.0 Å². The largest absolute Gasteiger partial charge is 0.493 e. The molecule has 2 aromatic carbocycles. The van der Waals surface area contributed by atoms with Gasteiger partial charge in [-0.1, -0.05) is 29.5 Å². The Kier molecular flexibility index (Phi) is 5.71. The van der Waals surface area contributed by atoms with Crippen molar-refractivity contribution in [2.45, 2.75) is 18.4 Å². The Balaban J connectivity index is 1.89. The van der Waals surface area contributed by atoms with Gasteiger partial charge in [0.25, 0.3) is 10.0 Å². The quantitative estimate of drug-likeness (QED) is 0.467. The van der Waals surface area contributed by atoms with Crippen LogP contribution >= 0.6 is 11.3 Å². The summed E-state index contributed by atoms with van der Waals surface area (Å²) in [6.45, 7) is 1.77. The van der Waals surface area contributed by atoms with E-state index in [9.17, 15) is 13.2 Å². The summed E-state index contributed by atoms with van der Waals surface area (Å²) in [5, 5.41) is 3.94. The highest BCUT2D eigenvalue weighted by molar-refractivity contribution is 7.89. The van der Waals surface area contributed by atoms with E-state index in [2.05, 4.69) is 9.93 Å². The number of nitrogens with one attached hydrogen (secondary N) is 1. The van der Waals surface area contributed by atoms with Crippen molar-refractivity contribution >= 4 is 37.3 Å². The SMILES string of the molecule is COc1cc2sc(=O)n(C/C(C)=N/NS(=O)(=O)c3ccccc3)c2cc1OC. The Morgan fingerprint density at radius 3 is 2.43 bits per heavy atom. The molecule has 1 heterocycles. The number of hydrogen-bond acceptors (Lipinski definition) is 7. The van der Waals surface area contributed by atoms with Crippen molar-refractivity contribution in [2.75, 3.05) is 14.2 Å². The number of benzene rings is 2. The van der Waals surface area contributed by atoms with E-state index in [1.807, 2.05) is 0 Å². The smallest absolute Gasteiger partial charge is 0.308 e. The van der Waals surface area contributed by atoms with Crippen LogP contribution in [0.1, 0.15) is 6.92 Å². The van der Waals surface area contributed by atoms with Gasteiger partial charge in [-0.3, -0.25) is 9.36 Å². The van der Waals surface area contributed by atoms with Crippen LogP contribution in [0, 0.1) is 0 Å². The molecule has 0 unspecified atom stereocenters. The molecule has 1 N–H and O–H groups in total. The first-order valence-electron chi connectivity index (χ1n) is 8.21. The monoisotopic (exact) mass is 421 g/mol. The Labute approximate surface area is 166 Å². The first-order chi connectivity index (χ1) is 13.4. The number of sulfonamides is 1. The van der Waals surface area contributed by atoms with E-state index in [1.54, 1.807) is 37.3 Å². The van der Waals surface area contributed by atoms with Crippen molar-refractivity contribution in [1.82, 2.24) is 9.40 Å². The van der Waals surface area contributed by atoms with Gasteiger partial charge in [-0.2, -0.15) is 13.5 Å². The lowest BCUT2D eigenvalue weighted by molar-refractivity contribution is 0.356. The molecule has 10 heteroatoms. The average Bonchev–Trinajstić information content (AvgIpc) is 3.00. The first-order valence-corrected chi connectivity index (χ1v) is 10.5. The number of ether oxygens (including phenoxy) is 2. The number of fused-ring (bicyclic) bond motifs is 1. The van der Waals surface area contributed by atoms with Gasteiger partial charge in [0.15, 0.2) is 11.5 Å². The first kappa shape index (κ1) is 19.9. The maximum absolute atomic E-state index is 12.4. The molecule has 0 aliphatic carbocycles.